The standard InChI is InChI=1S/C18H17N3O5S/c1-3-26-17(24)11-4-6-12(7-5-11)19-14(22)9-21-16(23)13-8-10(2)27-15(13)20-18(21)25/h4-8H,3,9H2,1-2H3,(H,19,22)(H,20,25). The van der Waals surface area contributed by atoms with Crippen molar-refractivity contribution < 1.29 is 14.3 Å². The number of anilines is 1. The van der Waals surface area contributed by atoms with Crippen molar-refractivity contribution in [1.82, 2.24) is 9.55 Å². The number of ether oxygens (including phenoxy) is 1. The summed E-state index contributed by atoms with van der Waals surface area (Å²) in [6.45, 7) is 3.40. The van der Waals surface area contributed by atoms with Crippen LogP contribution in [0, 0.1) is 6.92 Å². The van der Waals surface area contributed by atoms with Crippen molar-refractivity contribution in [2.45, 2.75) is 20.4 Å². The van der Waals surface area contributed by atoms with Gasteiger partial charge in [0, 0.05) is 10.6 Å². The highest BCUT2D eigenvalue weighted by atomic mass is 32.1. The molecule has 0 spiro atoms. The van der Waals surface area contributed by atoms with Crippen LogP contribution in [0.3, 0.4) is 0 Å². The van der Waals surface area contributed by atoms with E-state index in [1.54, 1.807) is 25.1 Å². The summed E-state index contributed by atoms with van der Waals surface area (Å²) < 4.78 is 5.75. The number of thiophene rings is 1. The Labute approximate surface area is 157 Å². The van der Waals surface area contributed by atoms with Crippen molar-refractivity contribution >= 4 is 39.1 Å². The van der Waals surface area contributed by atoms with E-state index >= 15 is 0 Å². The van der Waals surface area contributed by atoms with Gasteiger partial charge in [-0.25, -0.2) is 9.59 Å². The number of aryl methyl sites for hydroxylation is 1. The van der Waals surface area contributed by atoms with Gasteiger partial charge in [0.05, 0.1) is 17.6 Å². The fourth-order valence-electron chi connectivity index (χ4n) is 2.56. The fraction of sp³-hybridized carbons (Fsp3) is 0.222. The molecule has 1 aromatic carbocycles. The first-order valence-corrected chi connectivity index (χ1v) is 9.01. The summed E-state index contributed by atoms with van der Waals surface area (Å²) in [7, 11) is 0. The molecule has 27 heavy (non-hydrogen) atoms. The highest BCUT2D eigenvalue weighted by Crippen LogP contribution is 2.18. The molecule has 3 rings (SSSR count). The number of aromatic nitrogens is 2. The third kappa shape index (κ3) is 3.98. The summed E-state index contributed by atoms with van der Waals surface area (Å²) in [5.74, 6) is -0.981. The van der Waals surface area contributed by atoms with Crippen LogP contribution in [0.5, 0.6) is 0 Å². The predicted molar refractivity (Wildman–Crippen MR) is 102 cm³/mol. The maximum atomic E-state index is 12.4. The minimum absolute atomic E-state index is 0.272. The Hall–Kier alpha value is -3.20. The lowest BCUT2D eigenvalue weighted by Crippen LogP contribution is -2.38. The second-order valence-electron chi connectivity index (χ2n) is 5.77. The zero-order valence-electron chi connectivity index (χ0n) is 14.7. The molecular weight excluding hydrogens is 370 g/mol. The Kier molecular flexibility index (Phi) is 5.22. The monoisotopic (exact) mass is 387 g/mol. The molecule has 0 radical (unpaired) electrons. The normalized spacial score (nSPS) is 10.7. The average Bonchev–Trinajstić information content (AvgIpc) is 3.00. The molecule has 2 N–H and O–H groups in total. The molecule has 3 aromatic rings. The molecule has 1 amide bonds. The van der Waals surface area contributed by atoms with E-state index < -0.39 is 29.7 Å². The molecule has 0 saturated heterocycles. The molecule has 0 fully saturated rings. The third-order valence-electron chi connectivity index (χ3n) is 3.78. The lowest BCUT2D eigenvalue weighted by atomic mass is 10.2. The number of rotatable bonds is 5. The molecule has 0 bridgehead atoms. The van der Waals surface area contributed by atoms with Gasteiger partial charge in [0.1, 0.15) is 11.4 Å². The van der Waals surface area contributed by atoms with Crippen LogP contribution in [0.25, 0.3) is 10.2 Å². The van der Waals surface area contributed by atoms with Crippen molar-refractivity contribution in [2.24, 2.45) is 0 Å². The molecule has 8 nitrogen and oxygen atoms in total. The van der Waals surface area contributed by atoms with Crippen molar-refractivity contribution in [3.05, 3.63) is 61.6 Å². The largest absolute Gasteiger partial charge is 0.462 e. The first kappa shape index (κ1) is 18.6. The van der Waals surface area contributed by atoms with E-state index in [-0.39, 0.29) is 6.61 Å². The Morgan fingerprint density at radius 2 is 1.93 bits per heavy atom. The third-order valence-corrected chi connectivity index (χ3v) is 4.74. The summed E-state index contributed by atoms with van der Waals surface area (Å²) in [4.78, 5) is 52.4. The van der Waals surface area contributed by atoms with Crippen LogP contribution in [0.1, 0.15) is 22.2 Å². The minimum Gasteiger partial charge on any atom is -0.462 e. The lowest BCUT2D eigenvalue weighted by molar-refractivity contribution is -0.116. The highest BCUT2D eigenvalue weighted by Gasteiger charge is 2.13. The van der Waals surface area contributed by atoms with Gasteiger partial charge in [0.2, 0.25) is 5.91 Å². The number of nitrogens with one attached hydrogen (secondary N) is 2. The van der Waals surface area contributed by atoms with Gasteiger partial charge in [-0.2, -0.15) is 0 Å². The topological polar surface area (TPSA) is 110 Å². The number of hydrogen-bond donors (Lipinski definition) is 2. The van der Waals surface area contributed by atoms with Crippen molar-refractivity contribution in [2.75, 3.05) is 11.9 Å². The van der Waals surface area contributed by atoms with E-state index in [1.165, 1.54) is 23.5 Å². The summed E-state index contributed by atoms with van der Waals surface area (Å²) in [6, 6.07) is 7.81. The zero-order chi connectivity index (χ0) is 19.6. The predicted octanol–water partition coefficient (Wildman–Crippen LogP) is 1.88. The summed E-state index contributed by atoms with van der Waals surface area (Å²) in [6.07, 6.45) is 0. The van der Waals surface area contributed by atoms with E-state index in [9.17, 15) is 19.2 Å². The van der Waals surface area contributed by atoms with E-state index in [1.807, 2.05) is 6.92 Å². The molecule has 0 saturated carbocycles. The van der Waals surface area contributed by atoms with Crippen molar-refractivity contribution in [3.8, 4) is 0 Å². The average molecular weight is 387 g/mol. The number of hydrogen-bond acceptors (Lipinski definition) is 6. The second-order valence-corrected chi connectivity index (χ2v) is 7.02. The van der Waals surface area contributed by atoms with Crippen LogP contribution in [0.2, 0.25) is 0 Å². The van der Waals surface area contributed by atoms with Gasteiger partial charge in [-0.3, -0.25) is 19.1 Å². The number of carbonyl (C=O) groups is 2. The Morgan fingerprint density at radius 1 is 1.22 bits per heavy atom. The molecule has 9 heteroatoms. The maximum absolute atomic E-state index is 12.4. The quantitative estimate of drug-likeness (QED) is 0.650. The van der Waals surface area contributed by atoms with Gasteiger partial charge in [-0.1, -0.05) is 0 Å². The Bertz CT molecular complexity index is 1120. The summed E-state index contributed by atoms with van der Waals surface area (Å²) in [5.41, 5.74) is -0.348. The number of amides is 1. The first-order chi connectivity index (χ1) is 12.9. The number of esters is 1. The molecule has 0 atom stereocenters. The van der Waals surface area contributed by atoms with E-state index in [0.29, 0.717) is 21.5 Å². The van der Waals surface area contributed by atoms with Crippen LogP contribution in [-0.4, -0.2) is 28.0 Å². The smallest absolute Gasteiger partial charge is 0.338 e. The molecule has 0 aliphatic rings. The van der Waals surface area contributed by atoms with Gasteiger partial charge in [0.15, 0.2) is 0 Å². The number of carbonyl (C=O) groups excluding carboxylic acids is 2. The van der Waals surface area contributed by atoms with Gasteiger partial charge in [0.25, 0.3) is 5.56 Å². The van der Waals surface area contributed by atoms with E-state index in [4.69, 9.17) is 4.74 Å². The number of H-pyrrole nitrogens is 1. The maximum Gasteiger partial charge on any atom is 0.338 e. The van der Waals surface area contributed by atoms with Crippen LogP contribution in [0.15, 0.2) is 39.9 Å². The molecule has 140 valence electrons. The zero-order valence-corrected chi connectivity index (χ0v) is 15.5. The van der Waals surface area contributed by atoms with Crippen molar-refractivity contribution in [3.63, 3.8) is 0 Å². The minimum atomic E-state index is -0.637. The van der Waals surface area contributed by atoms with Crippen LogP contribution in [0.4, 0.5) is 5.69 Å². The van der Waals surface area contributed by atoms with Crippen LogP contribution in [-0.2, 0) is 16.1 Å². The van der Waals surface area contributed by atoms with Gasteiger partial charge in [-0.05, 0) is 44.2 Å². The highest BCUT2D eigenvalue weighted by molar-refractivity contribution is 7.18. The number of aromatic amines is 1. The van der Waals surface area contributed by atoms with E-state index in [2.05, 4.69) is 10.3 Å². The SMILES string of the molecule is CCOC(=O)c1ccc(NC(=O)Cn2c(=O)[nH]c3sc(C)cc3c2=O)cc1. The van der Waals surface area contributed by atoms with Crippen molar-refractivity contribution in [1.29, 1.82) is 0 Å². The second kappa shape index (κ2) is 7.58. The lowest BCUT2D eigenvalue weighted by Gasteiger charge is -2.08. The molecule has 0 aliphatic heterocycles. The summed E-state index contributed by atoms with van der Waals surface area (Å²) >= 11 is 1.31. The fourth-order valence-corrected chi connectivity index (χ4v) is 3.45. The first-order valence-electron chi connectivity index (χ1n) is 8.19. The summed E-state index contributed by atoms with van der Waals surface area (Å²) in [5, 5.41) is 2.97. The molecule has 2 aromatic heterocycles. The van der Waals surface area contributed by atoms with E-state index in [0.717, 1.165) is 9.44 Å². The van der Waals surface area contributed by atoms with Crippen LogP contribution < -0.4 is 16.6 Å². The number of fused-ring (bicyclic) bond motifs is 1. The Balaban J connectivity index is 1.76. The molecule has 0 aliphatic carbocycles. The number of benzene rings is 1. The van der Waals surface area contributed by atoms with Gasteiger partial charge >= 0.3 is 11.7 Å². The Morgan fingerprint density at radius 3 is 2.59 bits per heavy atom. The van der Waals surface area contributed by atoms with Gasteiger partial charge in [-0.15, -0.1) is 11.3 Å². The van der Waals surface area contributed by atoms with Gasteiger partial charge < -0.3 is 10.1 Å². The molecule has 0 unspecified atom stereocenters. The molecule has 2 heterocycles. The van der Waals surface area contributed by atoms with Crippen LogP contribution >= 0.6 is 11.3 Å². The molecular formula is C18H17N3O5S. The number of nitrogens with zero attached hydrogens (tertiary/aromatic N) is 1.